The summed E-state index contributed by atoms with van der Waals surface area (Å²) in [5, 5.41) is 0.985. The number of hydrogen-bond donors (Lipinski definition) is 1. The van der Waals surface area contributed by atoms with E-state index in [9.17, 15) is 61.9 Å². The first kappa shape index (κ1) is 25.5. The summed E-state index contributed by atoms with van der Waals surface area (Å²) < 4.78 is 168. The molecule has 0 aliphatic heterocycles. The van der Waals surface area contributed by atoms with Crippen LogP contribution in [0.25, 0.3) is 0 Å². The Hall–Kier alpha value is -1.49. The van der Waals surface area contributed by atoms with E-state index in [-0.39, 0.29) is 3.57 Å². The van der Waals surface area contributed by atoms with Gasteiger partial charge in [0, 0.05) is 3.57 Å². The van der Waals surface area contributed by atoms with E-state index < -0.39 is 47.4 Å². The van der Waals surface area contributed by atoms with E-state index in [1.54, 1.807) is 0 Å². The van der Waals surface area contributed by atoms with Crippen LogP contribution in [0.4, 0.5) is 62.8 Å². The molecular weight excluding hydrogens is 560 g/mol. The van der Waals surface area contributed by atoms with Gasteiger partial charge in [0.25, 0.3) is 0 Å². The first-order chi connectivity index (χ1) is 12.7. The Balaban J connectivity index is 3.42. The largest absolute Gasteiger partial charge is 0.460 e. The maximum Gasteiger partial charge on any atom is 0.460 e. The van der Waals surface area contributed by atoms with Crippen LogP contribution in [-0.2, 0) is 4.79 Å². The molecule has 0 unspecified atom stereocenters. The van der Waals surface area contributed by atoms with Crippen LogP contribution in [0, 0.1) is 3.57 Å². The Labute approximate surface area is 165 Å². The molecule has 2 nitrogen and oxygen atoms in total. The minimum absolute atomic E-state index is 0.127. The molecule has 0 saturated carbocycles. The van der Waals surface area contributed by atoms with Crippen LogP contribution in [0.3, 0.4) is 0 Å². The predicted octanol–water partition coefficient (Wildman–Crippen LogP) is 5.97. The van der Waals surface area contributed by atoms with E-state index >= 15 is 0 Å². The van der Waals surface area contributed by atoms with Gasteiger partial charge in [-0.3, -0.25) is 4.79 Å². The first-order valence-corrected chi connectivity index (χ1v) is 7.76. The molecule has 0 bridgehead atoms. The number of para-hydroxylation sites is 1. The Bertz CT molecular complexity index is 774. The van der Waals surface area contributed by atoms with Crippen molar-refractivity contribution in [1.82, 2.24) is 0 Å². The highest BCUT2D eigenvalue weighted by Crippen LogP contribution is 2.60. The molecule has 0 heterocycles. The maximum absolute atomic E-state index is 13.6. The molecule has 16 heteroatoms. The second-order valence-electron chi connectivity index (χ2n) is 5.30. The highest BCUT2D eigenvalue weighted by molar-refractivity contribution is 14.1. The van der Waals surface area contributed by atoms with Crippen molar-refractivity contribution in [1.29, 1.82) is 0 Å². The number of anilines is 1. The lowest BCUT2D eigenvalue weighted by molar-refractivity contribution is -0.435. The van der Waals surface area contributed by atoms with Crippen LogP contribution < -0.4 is 5.32 Å². The fraction of sp³-hybridized carbons (Fsp3) is 0.462. The number of amides is 1. The molecule has 0 radical (unpaired) electrons. The van der Waals surface area contributed by atoms with Crippen molar-refractivity contribution in [3.8, 4) is 0 Å². The molecule has 0 spiro atoms. The molecule has 1 aromatic rings. The summed E-state index contributed by atoms with van der Waals surface area (Å²) in [6, 6.07) is 4.18. The molecule has 29 heavy (non-hydrogen) atoms. The summed E-state index contributed by atoms with van der Waals surface area (Å²) in [6.45, 7) is 0. The summed E-state index contributed by atoms with van der Waals surface area (Å²) in [6.07, 6.45) is -7.51. The van der Waals surface area contributed by atoms with Crippen LogP contribution in [0.1, 0.15) is 0 Å². The lowest BCUT2D eigenvalue weighted by Crippen LogP contribution is -2.71. The summed E-state index contributed by atoms with van der Waals surface area (Å²) in [5.74, 6) is -41.7. The smallest absolute Gasteiger partial charge is 0.320 e. The van der Waals surface area contributed by atoms with Crippen LogP contribution in [-0.4, -0.2) is 41.7 Å². The van der Waals surface area contributed by atoms with Crippen LogP contribution in [0.5, 0.6) is 0 Å². The molecule has 0 fully saturated rings. The maximum atomic E-state index is 13.6. The molecule has 0 aromatic heterocycles. The lowest BCUT2D eigenvalue weighted by Gasteiger charge is -2.39. The zero-order chi connectivity index (χ0) is 23.3. The molecule has 1 rings (SSSR count). The molecule has 1 N–H and O–H groups in total. The van der Waals surface area contributed by atoms with Crippen molar-refractivity contribution in [2.45, 2.75) is 35.8 Å². The number of benzene rings is 1. The third-order valence-electron chi connectivity index (χ3n) is 3.34. The van der Waals surface area contributed by atoms with Gasteiger partial charge in [-0.05, 0) is 34.7 Å². The minimum Gasteiger partial charge on any atom is -0.320 e. The zero-order valence-corrected chi connectivity index (χ0v) is 15.2. The Morgan fingerprint density at radius 2 is 1.10 bits per heavy atom. The molecule has 166 valence electrons. The number of nitrogens with one attached hydrogen (secondary N) is 1. The van der Waals surface area contributed by atoms with Gasteiger partial charge in [0.1, 0.15) is 0 Å². The molecule has 1 aromatic carbocycles. The molecule has 0 aliphatic carbocycles. The number of carbonyl (C=O) groups excluding carboxylic acids is 1. The van der Waals surface area contributed by atoms with Gasteiger partial charge in [-0.15, -0.1) is 0 Å². The van der Waals surface area contributed by atoms with Gasteiger partial charge in [-0.1, -0.05) is 12.1 Å². The Kier molecular flexibility index (Phi) is 6.46. The monoisotopic (exact) mass is 565 g/mol. The van der Waals surface area contributed by atoms with Gasteiger partial charge in [-0.2, -0.15) is 57.1 Å². The molecule has 0 aliphatic rings. The second kappa shape index (κ2) is 7.33. The van der Waals surface area contributed by atoms with Gasteiger partial charge < -0.3 is 5.32 Å². The quantitative estimate of drug-likeness (QED) is 0.335. The number of carbonyl (C=O) groups is 1. The molecule has 0 atom stereocenters. The molecular formula is C13H5F13INO. The van der Waals surface area contributed by atoms with E-state index in [0.29, 0.717) is 0 Å². The zero-order valence-electron chi connectivity index (χ0n) is 13.0. The van der Waals surface area contributed by atoms with E-state index in [0.717, 1.165) is 23.5 Å². The van der Waals surface area contributed by atoms with Crippen LogP contribution >= 0.6 is 22.6 Å². The van der Waals surface area contributed by atoms with E-state index in [1.807, 2.05) is 0 Å². The topological polar surface area (TPSA) is 29.1 Å². The average molecular weight is 565 g/mol. The summed E-state index contributed by atoms with van der Waals surface area (Å²) in [7, 11) is 0. The molecule has 0 saturated heterocycles. The van der Waals surface area contributed by atoms with E-state index in [2.05, 4.69) is 0 Å². The van der Waals surface area contributed by atoms with Crippen molar-refractivity contribution in [2.75, 3.05) is 5.32 Å². The van der Waals surface area contributed by atoms with Crippen LogP contribution in [0.15, 0.2) is 24.3 Å². The predicted molar refractivity (Wildman–Crippen MR) is 78.6 cm³/mol. The van der Waals surface area contributed by atoms with Crippen molar-refractivity contribution < 1.29 is 61.9 Å². The van der Waals surface area contributed by atoms with Gasteiger partial charge in [-0.25, -0.2) is 0 Å². The van der Waals surface area contributed by atoms with Gasteiger partial charge in [0.15, 0.2) is 0 Å². The fourth-order valence-corrected chi connectivity index (χ4v) is 2.20. The third-order valence-corrected chi connectivity index (χ3v) is 4.28. The highest BCUT2D eigenvalue weighted by Gasteiger charge is 2.91. The summed E-state index contributed by atoms with van der Waals surface area (Å²) in [4.78, 5) is 11.3. The Morgan fingerprint density at radius 1 is 0.690 bits per heavy atom. The second-order valence-corrected chi connectivity index (χ2v) is 6.47. The SMILES string of the molecule is O=C(Nc1ccccc1I)C(F)(F)C(F)(F)C(F)(F)C(F)(F)C(F)(F)C(F)(F)F. The first-order valence-electron chi connectivity index (χ1n) is 6.68. The lowest BCUT2D eigenvalue weighted by atomic mass is 9.93. The van der Waals surface area contributed by atoms with Gasteiger partial charge >= 0.3 is 41.7 Å². The molecule has 1 amide bonds. The number of hydrogen-bond acceptors (Lipinski definition) is 1. The van der Waals surface area contributed by atoms with E-state index in [4.69, 9.17) is 0 Å². The fourth-order valence-electron chi connectivity index (χ4n) is 1.68. The number of halogens is 14. The number of alkyl halides is 13. The van der Waals surface area contributed by atoms with Crippen LogP contribution in [0.2, 0.25) is 0 Å². The summed E-state index contributed by atoms with van der Waals surface area (Å²) in [5.41, 5.74) is -0.690. The van der Waals surface area contributed by atoms with Crippen molar-refractivity contribution in [3.63, 3.8) is 0 Å². The highest BCUT2D eigenvalue weighted by atomic mass is 127. The van der Waals surface area contributed by atoms with Crippen molar-refractivity contribution in [3.05, 3.63) is 27.8 Å². The van der Waals surface area contributed by atoms with Gasteiger partial charge in [0.2, 0.25) is 0 Å². The normalized spacial score (nSPS) is 14.7. The average Bonchev–Trinajstić information content (AvgIpc) is 2.55. The Morgan fingerprint density at radius 3 is 1.52 bits per heavy atom. The van der Waals surface area contributed by atoms with Crippen molar-refractivity contribution >= 4 is 34.2 Å². The standard InChI is InChI=1S/C13H5F13INO/c14-8(15,7(29)28-6-4-2-1-3-5(6)27)9(16,17)10(18,19)11(20,21)12(22,23)13(24,25)26/h1-4H,(H,28,29). The van der Waals surface area contributed by atoms with Gasteiger partial charge in [0.05, 0.1) is 5.69 Å². The minimum atomic E-state index is -8.05. The number of rotatable bonds is 6. The third kappa shape index (κ3) is 3.83. The van der Waals surface area contributed by atoms with Crippen molar-refractivity contribution in [2.24, 2.45) is 0 Å². The van der Waals surface area contributed by atoms with E-state index in [1.165, 1.54) is 28.7 Å². The summed E-state index contributed by atoms with van der Waals surface area (Å²) >= 11 is 1.35.